The molecule has 0 saturated heterocycles. The number of hydrogen-bond acceptors (Lipinski definition) is 5. The molecular weight excluding hydrogens is 570 g/mol. The molecule has 0 fully saturated rings. The molecule has 1 atom stereocenters. The van der Waals surface area contributed by atoms with Gasteiger partial charge in [-0.3, -0.25) is 13.9 Å². The molecule has 0 heterocycles. The van der Waals surface area contributed by atoms with Crippen LogP contribution in [0.15, 0.2) is 76.1 Å². The van der Waals surface area contributed by atoms with Gasteiger partial charge in [0.05, 0.1) is 22.2 Å². The van der Waals surface area contributed by atoms with Crippen LogP contribution in [-0.2, 0) is 26.2 Å². The van der Waals surface area contributed by atoms with Gasteiger partial charge in [0.1, 0.15) is 18.3 Å². The summed E-state index contributed by atoms with van der Waals surface area (Å²) in [6.45, 7) is 5.09. The minimum atomic E-state index is -4.18. The molecule has 0 aliphatic rings. The zero-order valence-corrected chi connectivity index (χ0v) is 24.5. The van der Waals surface area contributed by atoms with Crippen LogP contribution in [-0.4, -0.2) is 51.9 Å². The van der Waals surface area contributed by atoms with Crippen molar-refractivity contribution in [1.82, 2.24) is 10.2 Å². The van der Waals surface area contributed by atoms with Gasteiger partial charge in [-0.2, -0.15) is 0 Å². The van der Waals surface area contributed by atoms with Crippen LogP contribution in [0.2, 0.25) is 0 Å². The highest BCUT2D eigenvalue weighted by Crippen LogP contribution is 2.31. The maximum absolute atomic E-state index is 13.9. The van der Waals surface area contributed by atoms with Crippen LogP contribution >= 0.6 is 15.9 Å². The zero-order valence-electron chi connectivity index (χ0n) is 22.1. The van der Waals surface area contributed by atoms with Crippen molar-refractivity contribution in [2.75, 3.05) is 25.0 Å². The van der Waals surface area contributed by atoms with E-state index >= 15 is 0 Å². The van der Waals surface area contributed by atoms with Crippen molar-refractivity contribution in [1.29, 1.82) is 0 Å². The van der Waals surface area contributed by atoms with Gasteiger partial charge in [-0.15, -0.1) is 0 Å². The third-order valence-electron chi connectivity index (χ3n) is 6.33. The molecule has 0 aromatic heterocycles. The van der Waals surface area contributed by atoms with E-state index in [1.807, 2.05) is 38.1 Å². The van der Waals surface area contributed by atoms with Gasteiger partial charge >= 0.3 is 0 Å². The average molecular weight is 603 g/mol. The van der Waals surface area contributed by atoms with E-state index in [0.717, 1.165) is 21.0 Å². The number of rotatable bonds is 10. The number of halogens is 1. The summed E-state index contributed by atoms with van der Waals surface area (Å²) in [5.41, 5.74) is 3.10. The number of anilines is 1. The summed E-state index contributed by atoms with van der Waals surface area (Å²) in [5, 5.41) is 2.58. The zero-order chi connectivity index (χ0) is 28.0. The highest BCUT2D eigenvalue weighted by atomic mass is 79.9. The second kappa shape index (κ2) is 12.4. The van der Waals surface area contributed by atoms with Crippen molar-refractivity contribution in [3.63, 3.8) is 0 Å². The lowest BCUT2D eigenvalue weighted by Crippen LogP contribution is -2.50. The van der Waals surface area contributed by atoms with Gasteiger partial charge in [0.2, 0.25) is 11.8 Å². The molecule has 10 heteroatoms. The molecule has 3 aromatic carbocycles. The second-order valence-corrected chi connectivity index (χ2v) is 11.6. The van der Waals surface area contributed by atoms with Crippen molar-refractivity contribution < 1.29 is 22.7 Å². The Hall–Kier alpha value is -3.37. The number of methoxy groups -OCH3 is 1. The Morgan fingerprint density at radius 3 is 2.26 bits per heavy atom. The third-order valence-corrected chi connectivity index (χ3v) is 8.72. The van der Waals surface area contributed by atoms with Gasteiger partial charge in [-0.05, 0) is 78.2 Å². The van der Waals surface area contributed by atoms with Crippen LogP contribution in [0.4, 0.5) is 5.69 Å². The number of carbonyl (C=O) groups is 2. The number of hydrogen-bond donors (Lipinski definition) is 1. The Balaban J connectivity index is 2.06. The average Bonchev–Trinajstić information content (AvgIpc) is 2.90. The summed E-state index contributed by atoms with van der Waals surface area (Å²) in [4.78, 5) is 27.8. The summed E-state index contributed by atoms with van der Waals surface area (Å²) in [7, 11) is -1.19. The lowest BCUT2D eigenvalue weighted by Gasteiger charge is -2.32. The normalized spacial score (nSPS) is 11.9. The first kappa shape index (κ1) is 29.2. The Morgan fingerprint density at radius 2 is 1.68 bits per heavy atom. The molecule has 3 rings (SSSR count). The highest BCUT2D eigenvalue weighted by Gasteiger charge is 2.32. The Bertz CT molecular complexity index is 1410. The van der Waals surface area contributed by atoms with Gasteiger partial charge in [0.15, 0.2) is 0 Å². The molecule has 8 nitrogen and oxygen atoms in total. The SMILES string of the molecule is CNC(=O)C(C)N(Cc1ccccc1C)C(=O)CN(c1ccc(C)cc1)S(=O)(=O)c1ccc(OC)c(Br)c1. The first-order valence-corrected chi connectivity index (χ1v) is 14.2. The van der Waals surface area contributed by atoms with Crippen molar-refractivity contribution in [3.05, 3.63) is 87.9 Å². The molecule has 0 radical (unpaired) electrons. The lowest BCUT2D eigenvalue weighted by atomic mass is 10.1. The van der Waals surface area contributed by atoms with Crippen LogP contribution in [0.25, 0.3) is 0 Å². The number of likely N-dealkylation sites (N-methyl/N-ethyl adjacent to an activating group) is 1. The standard InChI is InChI=1S/C28H32BrN3O5S/c1-19-10-12-23(13-11-19)32(38(35,36)24-14-15-26(37-5)25(29)16-24)18-27(33)31(21(3)28(34)30-4)17-22-9-7-6-8-20(22)2/h6-16,21H,17-18H2,1-5H3,(H,30,34). The van der Waals surface area contributed by atoms with Crippen LogP contribution < -0.4 is 14.4 Å². The van der Waals surface area contributed by atoms with E-state index in [0.29, 0.717) is 15.9 Å². The largest absolute Gasteiger partial charge is 0.496 e. The maximum Gasteiger partial charge on any atom is 0.264 e. The number of ether oxygens (including phenoxy) is 1. The molecule has 0 saturated carbocycles. The van der Waals surface area contributed by atoms with E-state index in [2.05, 4.69) is 21.2 Å². The van der Waals surface area contributed by atoms with Crippen LogP contribution in [0.5, 0.6) is 5.75 Å². The summed E-state index contributed by atoms with van der Waals surface area (Å²) < 4.78 is 34.6. The monoisotopic (exact) mass is 601 g/mol. The van der Waals surface area contributed by atoms with Gasteiger partial charge in [-0.1, -0.05) is 42.0 Å². The van der Waals surface area contributed by atoms with E-state index in [4.69, 9.17) is 4.74 Å². The minimum absolute atomic E-state index is 0.0108. The van der Waals surface area contributed by atoms with Gasteiger partial charge in [-0.25, -0.2) is 8.42 Å². The van der Waals surface area contributed by atoms with Crippen molar-refractivity contribution in [2.24, 2.45) is 0 Å². The van der Waals surface area contributed by atoms with E-state index in [-0.39, 0.29) is 17.3 Å². The number of nitrogens with zero attached hydrogens (tertiary/aromatic N) is 2. The topological polar surface area (TPSA) is 96.0 Å². The molecule has 0 spiro atoms. The first-order valence-electron chi connectivity index (χ1n) is 12.0. The second-order valence-electron chi connectivity index (χ2n) is 8.88. The van der Waals surface area contributed by atoms with Crippen LogP contribution in [0, 0.1) is 13.8 Å². The molecule has 1 N–H and O–H groups in total. The van der Waals surface area contributed by atoms with E-state index in [1.165, 1.54) is 31.2 Å². The third kappa shape index (κ3) is 6.54. The molecule has 3 aromatic rings. The molecule has 1 unspecified atom stereocenters. The molecule has 38 heavy (non-hydrogen) atoms. The van der Waals surface area contributed by atoms with Gasteiger partial charge in [0, 0.05) is 13.6 Å². The highest BCUT2D eigenvalue weighted by molar-refractivity contribution is 9.10. The fraction of sp³-hybridized carbons (Fsp3) is 0.286. The van der Waals surface area contributed by atoms with Crippen LogP contribution in [0.1, 0.15) is 23.6 Å². The quantitative estimate of drug-likeness (QED) is 0.371. The summed E-state index contributed by atoms with van der Waals surface area (Å²) in [6.07, 6.45) is 0. The Kier molecular flexibility index (Phi) is 9.56. The van der Waals surface area contributed by atoms with Gasteiger partial charge in [0.25, 0.3) is 10.0 Å². The van der Waals surface area contributed by atoms with Crippen molar-refractivity contribution in [2.45, 2.75) is 38.3 Å². The molecule has 2 amide bonds. The summed E-state index contributed by atoms with van der Waals surface area (Å²) in [6, 6.07) is 18.0. The van der Waals surface area contributed by atoms with E-state index in [9.17, 15) is 18.0 Å². The van der Waals surface area contributed by atoms with Crippen LogP contribution in [0.3, 0.4) is 0 Å². The number of amides is 2. The maximum atomic E-state index is 13.9. The predicted octanol–water partition coefficient (Wildman–Crippen LogP) is 4.43. The van der Waals surface area contributed by atoms with Crippen molar-refractivity contribution >= 4 is 43.5 Å². The number of sulfonamides is 1. The van der Waals surface area contributed by atoms with Gasteiger partial charge < -0.3 is 15.0 Å². The lowest BCUT2D eigenvalue weighted by molar-refractivity contribution is -0.139. The molecule has 0 aliphatic heterocycles. The minimum Gasteiger partial charge on any atom is -0.496 e. The fourth-order valence-electron chi connectivity index (χ4n) is 3.94. The number of aryl methyl sites for hydroxylation is 2. The van der Waals surface area contributed by atoms with E-state index in [1.54, 1.807) is 37.3 Å². The number of nitrogens with one attached hydrogen (secondary N) is 1. The Labute approximate surface area is 232 Å². The first-order chi connectivity index (χ1) is 18.0. The summed E-state index contributed by atoms with van der Waals surface area (Å²) >= 11 is 3.35. The number of carbonyl (C=O) groups excluding carboxylic acids is 2. The molecule has 0 aliphatic carbocycles. The van der Waals surface area contributed by atoms with Crippen molar-refractivity contribution in [3.8, 4) is 5.75 Å². The fourth-order valence-corrected chi connectivity index (χ4v) is 6.07. The Morgan fingerprint density at radius 1 is 1.03 bits per heavy atom. The predicted molar refractivity (Wildman–Crippen MR) is 152 cm³/mol. The summed E-state index contributed by atoms with van der Waals surface area (Å²) in [5.74, 6) is -0.387. The van der Waals surface area contributed by atoms with E-state index < -0.39 is 28.5 Å². The molecule has 202 valence electrons. The number of benzene rings is 3. The molecular formula is C28H32BrN3O5S. The molecule has 0 bridgehead atoms. The smallest absolute Gasteiger partial charge is 0.264 e.